The molecule has 0 aliphatic carbocycles. The van der Waals surface area contributed by atoms with Crippen molar-refractivity contribution < 1.29 is 30.0 Å². The van der Waals surface area contributed by atoms with Crippen LogP contribution < -0.4 is 0 Å². The number of hydrogen-bond donors (Lipinski definition) is 1. The van der Waals surface area contributed by atoms with E-state index < -0.39 is 0 Å². The van der Waals surface area contributed by atoms with E-state index >= 15 is 0 Å². The zero-order valence-corrected chi connectivity index (χ0v) is 35.6. The Hall–Kier alpha value is -3.25. The number of thiophene rings is 1. The van der Waals surface area contributed by atoms with Crippen LogP contribution in [0.25, 0.3) is 43.5 Å². The Bertz CT molecular complexity index is 1960. The van der Waals surface area contributed by atoms with Crippen molar-refractivity contribution in [2.75, 3.05) is 0 Å². The molecule has 0 amide bonds. The first-order chi connectivity index (χ1) is 23.6. The summed E-state index contributed by atoms with van der Waals surface area (Å²) in [5.41, 5.74) is 4.47. The zero-order chi connectivity index (χ0) is 36.9. The number of carbonyl (C=O) groups excluding carboxylic acids is 1. The van der Waals surface area contributed by atoms with Gasteiger partial charge in [0.2, 0.25) is 0 Å². The van der Waals surface area contributed by atoms with Crippen molar-refractivity contribution in [1.29, 1.82) is 0 Å². The van der Waals surface area contributed by atoms with Crippen molar-refractivity contribution in [3.63, 3.8) is 0 Å². The number of aliphatic hydroxyl groups is 1. The zero-order valence-electron chi connectivity index (χ0n) is 32.4. The van der Waals surface area contributed by atoms with Gasteiger partial charge in [-0.25, -0.2) is 9.97 Å². The number of ketones is 1. The predicted octanol–water partition coefficient (Wildman–Crippen LogP) is 12.5. The van der Waals surface area contributed by atoms with E-state index in [1.165, 1.54) is 27.3 Å². The second kappa shape index (κ2) is 17.5. The van der Waals surface area contributed by atoms with Gasteiger partial charge in [-0.2, -0.15) is 0 Å². The topological polar surface area (TPSA) is 76.0 Å². The van der Waals surface area contributed by atoms with Gasteiger partial charge >= 0.3 is 0 Å². The molecule has 0 atom stereocenters. The van der Waals surface area contributed by atoms with Crippen molar-refractivity contribution in [3.05, 3.63) is 89.4 Å². The molecule has 1 radical (unpaired) electrons. The summed E-state index contributed by atoms with van der Waals surface area (Å²) >= 11 is 1.79. The van der Waals surface area contributed by atoms with Crippen LogP contribution in [-0.2, 0) is 36.7 Å². The van der Waals surface area contributed by atoms with Gasteiger partial charge in [-0.3, -0.25) is 9.78 Å². The fourth-order valence-corrected chi connectivity index (χ4v) is 7.15. The van der Waals surface area contributed by atoms with E-state index in [0.29, 0.717) is 5.92 Å². The third kappa shape index (κ3) is 10.0. The fourth-order valence-electron chi connectivity index (χ4n) is 5.96. The van der Waals surface area contributed by atoms with Gasteiger partial charge < -0.3 is 5.11 Å². The third-order valence-corrected chi connectivity index (χ3v) is 11.5. The van der Waals surface area contributed by atoms with Crippen LogP contribution in [0.2, 0.25) is 0 Å². The molecule has 7 heteroatoms. The molecule has 5 nitrogen and oxygen atoms in total. The molecule has 275 valence electrons. The van der Waals surface area contributed by atoms with Crippen LogP contribution in [0.5, 0.6) is 0 Å². The molecule has 0 aliphatic rings. The Balaban J connectivity index is 0.000000335. The number of carbonyl (C=O) groups is 1. The number of hydrogen-bond acceptors (Lipinski definition) is 6. The summed E-state index contributed by atoms with van der Waals surface area (Å²) in [6.07, 6.45) is 9.41. The van der Waals surface area contributed by atoms with Crippen molar-refractivity contribution in [3.8, 4) is 22.5 Å². The molecule has 0 aliphatic heterocycles. The maximum atomic E-state index is 12.2. The number of allylic oxidation sites excluding steroid dienone is 2. The molecule has 51 heavy (non-hydrogen) atoms. The van der Waals surface area contributed by atoms with Crippen molar-refractivity contribution in [1.82, 2.24) is 15.0 Å². The van der Waals surface area contributed by atoms with Gasteiger partial charge in [0.05, 0.1) is 5.69 Å². The van der Waals surface area contributed by atoms with Crippen LogP contribution in [0.15, 0.2) is 72.9 Å². The van der Waals surface area contributed by atoms with E-state index in [1.807, 2.05) is 47.7 Å². The Morgan fingerprint density at radius 3 is 2.10 bits per heavy atom. The second-order valence-electron chi connectivity index (χ2n) is 15.5. The molecule has 0 spiro atoms. The predicted molar refractivity (Wildman–Crippen MR) is 213 cm³/mol. The van der Waals surface area contributed by atoms with E-state index in [2.05, 4.69) is 99.2 Å². The smallest absolute Gasteiger partial charge is 0.164 e. The Kier molecular flexibility index (Phi) is 14.5. The molecule has 0 bridgehead atoms. The molecular formula is C44H56IrN3O2S-. The van der Waals surface area contributed by atoms with Crippen molar-refractivity contribution in [2.24, 2.45) is 16.7 Å². The van der Waals surface area contributed by atoms with Gasteiger partial charge in [-0.1, -0.05) is 105 Å². The molecule has 3 heterocycles. The van der Waals surface area contributed by atoms with E-state index in [1.54, 1.807) is 17.7 Å². The van der Waals surface area contributed by atoms with Crippen LogP contribution in [0.4, 0.5) is 0 Å². The Morgan fingerprint density at radius 2 is 1.49 bits per heavy atom. The van der Waals surface area contributed by atoms with E-state index in [4.69, 9.17) is 4.98 Å². The molecule has 3 aromatic heterocycles. The number of pyridine rings is 1. The standard InChI is InChI=1S/C29H28N3S.C15H28O2.Ir/c1-18(2)10-23-13-21-12-22(16-30-28(21)33-23)27-15-26(31-17-32-27)20-11-19-8-6-7-9-24(19)25(14-20)29(3,4)5;1-7-14(5,8-2)12(16)11-13(17)15(6,9-3)10-4;/h6-9,12-18H,10H2,1-5H3;11,16H,7-10H2,1-6H3;/q-1;;/b;12-11-;. The minimum absolute atomic E-state index is 0. The number of nitrogens with zero attached hydrogens (tertiary/aromatic N) is 3. The summed E-state index contributed by atoms with van der Waals surface area (Å²) in [6, 6.07) is 20.8. The number of fused-ring (bicyclic) bond motifs is 2. The summed E-state index contributed by atoms with van der Waals surface area (Å²) in [7, 11) is 0. The average Bonchev–Trinajstić information content (AvgIpc) is 3.51. The molecule has 5 aromatic rings. The monoisotopic (exact) mass is 883 g/mol. The maximum absolute atomic E-state index is 12.2. The van der Waals surface area contributed by atoms with Gasteiger partial charge in [-0.05, 0) is 61.6 Å². The van der Waals surface area contributed by atoms with Gasteiger partial charge in [-0.15, -0.1) is 40.5 Å². The number of aliphatic hydroxyl groups excluding tert-OH is 1. The first kappa shape index (κ1) is 42.2. The molecule has 2 aromatic carbocycles. The van der Waals surface area contributed by atoms with E-state index in [9.17, 15) is 9.90 Å². The van der Waals surface area contributed by atoms with Gasteiger partial charge in [0.1, 0.15) is 16.9 Å². The fraction of sp³-hybridized carbons (Fsp3) is 0.455. The summed E-state index contributed by atoms with van der Waals surface area (Å²) in [6.45, 7) is 23.3. The normalized spacial score (nSPS) is 12.5. The molecule has 0 saturated heterocycles. The number of benzene rings is 2. The molecule has 0 saturated carbocycles. The van der Waals surface area contributed by atoms with Gasteiger partial charge in [0.25, 0.3) is 0 Å². The number of aromatic nitrogens is 3. The van der Waals surface area contributed by atoms with Gasteiger partial charge in [0, 0.05) is 64.7 Å². The molecule has 0 fully saturated rings. The summed E-state index contributed by atoms with van der Waals surface area (Å²) < 4.78 is 0. The van der Waals surface area contributed by atoms with Crippen molar-refractivity contribution in [2.45, 2.75) is 114 Å². The maximum Gasteiger partial charge on any atom is 0.164 e. The first-order valence-corrected chi connectivity index (χ1v) is 19.0. The van der Waals surface area contributed by atoms with Gasteiger partial charge in [0.15, 0.2) is 5.78 Å². The van der Waals surface area contributed by atoms with Crippen LogP contribution in [-0.4, -0.2) is 25.8 Å². The second-order valence-corrected chi connectivity index (χ2v) is 16.7. The quantitative estimate of drug-likeness (QED) is 0.0812. The largest absolute Gasteiger partial charge is 0.512 e. The van der Waals surface area contributed by atoms with Crippen LogP contribution >= 0.6 is 11.3 Å². The summed E-state index contributed by atoms with van der Waals surface area (Å²) in [4.78, 5) is 28.5. The molecule has 0 unspecified atom stereocenters. The van der Waals surface area contributed by atoms with Crippen LogP contribution in [0.1, 0.15) is 112 Å². The SMILES string of the molecule is CC(C)Cc1cc2cc(-c3cc(-c4[c-]c5ccccc5c(C(C)(C)C)c4)ncn3)cnc2s1.CCC(C)(CC)C(=O)/C=C(\O)C(C)(CC)CC.[Ir]. The summed E-state index contributed by atoms with van der Waals surface area (Å²) in [5, 5.41) is 13.7. The minimum Gasteiger partial charge on any atom is -0.512 e. The van der Waals surface area contributed by atoms with Crippen LogP contribution in [0.3, 0.4) is 0 Å². The van der Waals surface area contributed by atoms with E-state index in [-0.39, 0.29) is 47.9 Å². The first-order valence-electron chi connectivity index (χ1n) is 18.2. The average molecular weight is 883 g/mol. The molecule has 1 N–H and O–H groups in total. The minimum atomic E-state index is -0.337. The molecular weight excluding hydrogens is 827 g/mol. The number of rotatable bonds is 11. The van der Waals surface area contributed by atoms with E-state index in [0.717, 1.165) is 64.8 Å². The third-order valence-electron chi connectivity index (χ3n) is 10.5. The van der Waals surface area contributed by atoms with Crippen molar-refractivity contribution >= 4 is 38.1 Å². The molecule has 5 rings (SSSR count). The Morgan fingerprint density at radius 1 is 0.863 bits per heavy atom. The van der Waals surface area contributed by atoms with Crippen LogP contribution in [0, 0.1) is 22.8 Å². The Labute approximate surface area is 323 Å². The summed E-state index contributed by atoms with van der Waals surface area (Å²) in [5.74, 6) is 0.923.